The van der Waals surface area contributed by atoms with E-state index in [0.29, 0.717) is 10.8 Å². The third kappa shape index (κ3) is 4.03. The zero-order valence-corrected chi connectivity index (χ0v) is 16.1. The monoisotopic (exact) mass is 386 g/mol. The zero-order valence-electron chi connectivity index (χ0n) is 15.4. The van der Waals surface area contributed by atoms with E-state index in [9.17, 15) is 9.18 Å². The van der Waals surface area contributed by atoms with Crippen molar-refractivity contribution in [2.24, 2.45) is 0 Å². The normalized spacial score (nSPS) is 12.0. The van der Waals surface area contributed by atoms with Crippen molar-refractivity contribution in [1.29, 1.82) is 0 Å². The molecule has 0 saturated heterocycles. The third-order valence-electron chi connectivity index (χ3n) is 4.73. The number of benzene rings is 2. The molecule has 0 fully saturated rings. The van der Waals surface area contributed by atoms with E-state index in [-0.39, 0.29) is 18.1 Å². The number of rotatable bonds is 4. The smallest absolute Gasteiger partial charge is 0.419 e. The lowest BCUT2D eigenvalue weighted by Crippen LogP contribution is -2.18. The minimum Gasteiger partial charge on any atom is -0.444 e. The fourth-order valence-corrected chi connectivity index (χ4v) is 3.18. The van der Waals surface area contributed by atoms with Gasteiger partial charge in [0.2, 0.25) is 0 Å². The van der Waals surface area contributed by atoms with Gasteiger partial charge in [-0.25, -0.2) is 18.7 Å². The second kappa shape index (κ2) is 7.92. The van der Waals surface area contributed by atoms with Crippen molar-refractivity contribution < 1.29 is 13.9 Å². The lowest BCUT2D eigenvalue weighted by Gasteiger charge is -2.17. The molecule has 3 aromatic rings. The van der Waals surface area contributed by atoms with E-state index in [4.69, 9.17) is 16.3 Å². The first-order chi connectivity index (χ1) is 12.9. The van der Waals surface area contributed by atoms with E-state index < -0.39 is 11.9 Å². The lowest BCUT2D eigenvalue weighted by atomic mass is 9.93. The number of aromatic nitrogens is 2. The van der Waals surface area contributed by atoms with E-state index in [1.54, 1.807) is 18.5 Å². The summed E-state index contributed by atoms with van der Waals surface area (Å²) in [7, 11) is 0. The Kier molecular flexibility index (Phi) is 5.61. The number of carbonyl (C=O) groups is 1. The maximum atomic E-state index is 13.9. The topological polar surface area (TPSA) is 44.1 Å². The SMILES string of the molecule is Cc1cccc([C@H](C)c2nccn2C(=O)OCc2ccc(Cl)cc2F)c1C. The molecule has 1 heterocycles. The van der Waals surface area contributed by atoms with E-state index in [0.717, 1.165) is 11.1 Å². The molecule has 4 nitrogen and oxygen atoms in total. The molecule has 0 saturated carbocycles. The Balaban J connectivity index is 1.79. The molecule has 0 spiro atoms. The van der Waals surface area contributed by atoms with Gasteiger partial charge in [0.1, 0.15) is 18.2 Å². The molecule has 6 heteroatoms. The number of hydrogen-bond acceptors (Lipinski definition) is 3. The van der Waals surface area contributed by atoms with Crippen molar-refractivity contribution in [3.05, 3.63) is 87.7 Å². The van der Waals surface area contributed by atoms with Gasteiger partial charge in [0.15, 0.2) is 0 Å². The van der Waals surface area contributed by atoms with Gasteiger partial charge in [-0.05, 0) is 42.7 Å². The quantitative estimate of drug-likeness (QED) is 0.583. The maximum Gasteiger partial charge on any atom is 0.419 e. The standard InChI is InChI=1S/C21H20ClFN2O2/c1-13-5-4-6-18(14(13)2)15(3)20-24-9-10-25(20)21(26)27-12-16-7-8-17(22)11-19(16)23/h4-11,15H,12H2,1-3H3/t15-/m0/s1. The van der Waals surface area contributed by atoms with Gasteiger partial charge in [-0.1, -0.05) is 42.8 Å². The molecule has 0 aliphatic rings. The molecule has 1 aromatic heterocycles. The molecular formula is C21H20ClFN2O2. The predicted octanol–water partition coefficient (Wildman–Crippen LogP) is 5.63. The first-order valence-corrected chi connectivity index (χ1v) is 8.96. The summed E-state index contributed by atoms with van der Waals surface area (Å²) in [6.07, 6.45) is 2.51. The van der Waals surface area contributed by atoms with Crippen LogP contribution in [0.25, 0.3) is 0 Å². The van der Waals surface area contributed by atoms with Crippen molar-refractivity contribution in [1.82, 2.24) is 9.55 Å². The number of nitrogens with zero attached hydrogens (tertiary/aromatic N) is 2. The Morgan fingerprint density at radius 3 is 2.81 bits per heavy atom. The van der Waals surface area contributed by atoms with Gasteiger partial charge in [-0.2, -0.15) is 0 Å². The summed E-state index contributed by atoms with van der Waals surface area (Å²) in [4.78, 5) is 16.9. The average molecular weight is 387 g/mol. The van der Waals surface area contributed by atoms with Crippen LogP contribution in [-0.4, -0.2) is 15.6 Å². The van der Waals surface area contributed by atoms with Gasteiger partial charge in [0, 0.05) is 28.9 Å². The summed E-state index contributed by atoms with van der Waals surface area (Å²) in [5.41, 5.74) is 3.70. The molecule has 0 N–H and O–H groups in total. The van der Waals surface area contributed by atoms with Crippen LogP contribution in [-0.2, 0) is 11.3 Å². The van der Waals surface area contributed by atoms with Gasteiger partial charge < -0.3 is 4.74 Å². The number of halogens is 2. The molecule has 0 aliphatic heterocycles. The Morgan fingerprint density at radius 1 is 1.30 bits per heavy atom. The maximum absolute atomic E-state index is 13.9. The highest BCUT2D eigenvalue weighted by Gasteiger charge is 2.21. The van der Waals surface area contributed by atoms with Crippen molar-refractivity contribution in [2.45, 2.75) is 33.3 Å². The summed E-state index contributed by atoms with van der Waals surface area (Å²) in [5, 5.41) is 0.293. The van der Waals surface area contributed by atoms with Crippen molar-refractivity contribution >= 4 is 17.7 Å². The van der Waals surface area contributed by atoms with E-state index in [1.807, 2.05) is 32.0 Å². The molecule has 2 aromatic carbocycles. The fraction of sp³-hybridized carbons (Fsp3) is 0.238. The van der Waals surface area contributed by atoms with Gasteiger partial charge in [-0.3, -0.25) is 0 Å². The summed E-state index contributed by atoms with van der Waals surface area (Å²) >= 11 is 5.74. The van der Waals surface area contributed by atoms with Crippen molar-refractivity contribution in [3.63, 3.8) is 0 Å². The van der Waals surface area contributed by atoms with Gasteiger partial charge in [0.05, 0.1) is 0 Å². The number of hydrogen-bond donors (Lipinski definition) is 0. The van der Waals surface area contributed by atoms with Crippen molar-refractivity contribution in [2.75, 3.05) is 0 Å². The molecule has 0 unspecified atom stereocenters. The summed E-state index contributed by atoms with van der Waals surface area (Å²) in [6, 6.07) is 10.3. The van der Waals surface area contributed by atoms with Crippen LogP contribution in [0.5, 0.6) is 0 Å². The molecule has 0 radical (unpaired) electrons. The summed E-state index contributed by atoms with van der Waals surface area (Å²) in [6.45, 7) is 5.91. The van der Waals surface area contributed by atoms with Crippen LogP contribution in [0.4, 0.5) is 9.18 Å². The van der Waals surface area contributed by atoms with Crippen LogP contribution in [0, 0.1) is 19.7 Å². The fourth-order valence-electron chi connectivity index (χ4n) is 3.02. The zero-order chi connectivity index (χ0) is 19.6. The summed E-state index contributed by atoms with van der Waals surface area (Å²) < 4.78 is 20.5. The second-order valence-electron chi connectivity index (χ2n) is 6.46. The minimum absolute atomic E-state index is 0.0975. The van der Waals surface area contributed by atoms with Crippen LogP contribution in [0.15, 0.2) is 48.8 Å². The highest BCUT2D eigenvalue weighted by molar-refractivity contribution is 6.30. The first kappa shape index (κ1) is 19.1. The van der Waals surface area contributed by atoms with Gasteiger partial charge >= 0.3 is 6.09 Å². The van der Waals surface area contributed by atoms with Crippen LogP contribution < -0.4 is 0 Å². The van der Waals surface area contributed by atoms with Crippen LogP contribution in [0.2, 0.25) is 5.02 Å². The summed E-state index contributed by atoms with van der Waals surface area (Å²) in [5.74, 6) is -0.0325. The second-order valence-corrected chi connectivity index (χ2v) is 6.89. The number of aryl methyl sites for hydroxylation is 1. The largest absolute Gasteiger partial charge is 0.444 e. The highest BCUT2D eigenvalue weighted by Crippen LogP contribution is 2.27. The molecule has 0 aliphatic carbocycles. The predicted molar refractivity (Wildman–Crippen MR) is 103 cm³/mol. The Morgan fingerprint density at radius 2 is 2.07 bits per heavy atom. The van der Waals surface area contributed by atoms with E-state index >= 15 is 0 Å². The first-order valence-electron chi connectivity index (χ1n) is 8.59. The number of carbonyl (C=O) groups excluding carboxylic acids is 1. The molecule has 140 valence electrons. The van der Waals surface area contributed by atoms with Crippen LogP contribution >= 0.6 is 11.6 Å². The number of ether oxygens (including phenoxy) is 1. The van der Waals surface area contributed by atoms with E-state index in [2.05, 4.69) is 11.9 Å². The molecule has 3 rings (SSSR count). The van der Waals surface area contributed by atoms with E-state index in [1.165, 1.54) is 22.3 Å². The Labute approximate surface area is 162 Å². The van der Waals surface area contributed by atoms with Crippen LogP contribution in [0.1, 0.15) is 40.9 Å². The Bertz CT molecular complexity index is 984. The van der Waals surface area contributed by atoms with Gasteiger partial charge in [-0.15, -0.1) is 0 Å². The molecular weight excluding hydrogens is 367 g/mol. The highest BCUT2D eigenvalue weighted by atomic mass is 35.5. The molecule has 0 amide bonds. The lowest BCUT2D eigenvalue weighted by molar-refractivity contribution is 0.139. The molecule has 1 atom stereocenters. The molecule has 27 heavy (non-hydrogen) atoms. The third-order valence-corrected chi connectivity index (χ3v) is 4.97. The average Bonchev–Trinajstić information content (AvgIpc) is 3.12. The number of imidazole rings is 1. The Hall–Kier alpha value is -2.66. The van der Waals surface area contributed by atoms with Gasteiger partial charge in [0.25, 0.3) is 0 Å². The van der Waals surface area contributed by atoms with Crippen molar-refractivity contribution in [3.8, 4) is 0 Å². The minimum atomic E-state index is -0.603. The van der Waals surface area contributed by atoms with Crippen LogP contribution in [0.3, 0.4) is 0 Å². The molecule has 0 bridgehead atoms.